The van der Waals surface area contributed by atoms with E-state index >= 15 is 0 Å². The first-order chi connectivity index (χ1) is 9.00. The van der Waals surface area contributed by atoms with Gasteiger partial charge in [-0.25, -0.2) is 4.79 Å². The van der Waals surface area contributed by atoms with E-state index in [2.05, 4.69) is 18.7 Å². The van der Waals surface area contributed by atoms with E-state index in [1.54, 1.807) is 0 Å². The van der Waals surface area contributed by atoms with Crippen LogP contribution in [-0.2, 0) is 9.53 Å². The summed E-state index contributed by atoms with van der Waals surface area (Å²) >= 11 is 0. The second-order valence-corrected chi connectivity index (χ2v) is 4.85. The summed E-state index contributed by atoms with van der Waals surface area (Å²) in [6.07, 6.45) is 0. The minimum atomic E-state index is -0.333. The molecular formula is C15H23NO3. The fraction of sp³-hybridized carbons (Fsp3) is 0.533. The molecule has 4 nitrogen and oxygen atoms in total. The number of hydrogen-bond acceptors (Lipinski definition) is 4. The molecule has 1 rings (SSSR count). The van der Waals surface area contributed by atoms with Crippen molar-refractivity contribution in [2.75, 3.05) is 26.8 Å². The van der Waals surface area contributed by atoms with Crippen LogP contribution in [0.2, 0.25) is 0 Å². The number of benzene rings is 1. The first-order valence-corrected chi connectivity index (χ1v) is 6.55. The Balaban J connectivity index is 2.24. The predicted octanol–water partition coefficient (Wildman–Crippen LogP) is 2.26. The normalized spacial score (nSPS) is 10.8. The third kappa shape index (κ3) is 5.75. The van der Waals surface area contributed by atoms with Crippen LogP contribution in [0.4, 0.5) is 0 Å². The van der Waals surface area contributed by atoms with Crippen LogP contribution in [-0.4, -0.2) is 43.7 Å². The van der Waals surface area contributed by atoms with Gasteiger partial charge in [0.05, 0.1) is 0 Å². The average molecular weight is 265 g/mol. The lowest BCUT2D eigenvalue weighted by atomic mass is 10.2. The van der Waals surface area contributed by atoms with Crippen LogP contribution in [0, 0.1) is 6.92 Å². The zero-order valence-electron chi connectivity index (χ0n) is 12.2. The van der Waals surface area contributed by atoms with Gasteiger partial charge >= 0.3 is 5.97 Å². The molecule has 0 aliphatic heterocycles. The Kier molecular flexibility index (Phi) is 6.36. The molecule has 106 valence electrons. The number of hydrogen-bond donors (Lipinski definition) is 0. The number of ether oxygens (including phenoxy) is 2. The largest absolute Gasteiger partial charge is 0.482 e. The van der Waals surface area contributed by atoms with Crippen LogP contribution in [0.1, 0.15) is 19.4 Å². The summed E-state index contributed by atoms with van der Waals surface area (Å²) in [5, 5.41) is 0. The zero-order valence-corrected chi connectivity index (χ0v) is 12.2. The standard InChI is InChI=1S/C15H23NO3/c1-12(2)16(4)9-10-18-15(17)11-19-14-8-6-5-7-13(14)3/h5-8,12H,9-11H2,1-4H3. The van der Waals surface area contributed by atoms with Gasteiger partial charge in [0.25, 0.3) is 0 Å². The van der Waals surface area contributed by atoms with Crippen molar-refractivity contribution >= 4 is 5.97 Å². The van der Waals surface area contributed by atoms with Crippen LogP contribution in [0.5, 0.6) is 5.75 Å². The molecule has 0 aromatic heterocycles. The highest BCUT2D eigenvalue weighted by Crippen LogP contribution is 2.15. The van der Waals surface area contributed by atoms with E-state index in [0.29, 0.717) is 12.6 Å². The van der Waals surface area contributed by atoms with Gasteiger partial charge in [-0.1, -0.05) is 18.2 Å². The number of aryl methyl sites for hydroxylation is 1. The molecule has 0 fully saturated rings. The molecular weight excluding hydrogens is 242 g/mol. The molecule has 0 heterocycles. The highest BCUT2D eigenvalue weighted by Gasteiger charge is 2.07. The van der Waals surface area contributed by atoms with Crippen molar-refractivity contribution in [1.29, 1.82) is 0 Å². The van der Waals surface area contributed by atoms with Crippen molar-refractivity contribution in [2.45, 2.75) is 26.8 Å². The fourth-order valence-corrected chi connectivity index (χ4v) is 1.46. The van der Waals surface area contributed by atoms with Crippen molar-refractivity contribution in [2.24, 2.45) is 0 Å². The summed E-state index contributed by atoms with van der Waals surface area (Å²) in [6.45, 7) is 7.22. The van der Waals surface area contributed by atoms with Gasteiger partial charge in [0.2, 0.25) is 0 Å². The number of nitrogens with zero attached hydrogens (tertiary/aromatic N) is 1. The summed E-state index contributed by atoms with van der Waals surface area (Å²) < 4.78 is 10.5. The Morgan fingerprint density at radius 2 is 2.00 bits per heavy atom. The summed E-state index contributed by atoms with van der Waals surface area (Å²) in [6, 6.07) is 8.04. The number of para-hydroxylation sites is 1. The molecule has 0 bridgehead atoms. The molecule has 0 saturated heterocycles. The van der Waals surface area contributed by atoms with Gasteiger partial charge in [0, 0.05) is 12.6 Å². The quantitative estimate of drug-likeness (QED) is 0.709. The van der Waals surface area contributed by atoms with E-state index in [9.17, 15) is 4.79 Å². The van der Waals surface area contributed by atoms with Gasteiger partial charge in [-0.15, -0.1) is 0 Å². The Hall–Kier alpha value is -1.55. The highest BCUT2D eigenvalue weighted by molar-refractivity contribution is 5.71. The van der Waals surface area contributed by atoms with Gasteiger partial charge in [0.15, 0.2) is 6.61 Å². The Morgan fingerprint density at radius 1 is 1.32 bits per heavy atom. The molecule has 0 unspecified atom stereocenters. The first-order valence-electron chi connectivity index (χ1n) is 6.55. The van der Waals surface area contributed by atoms with Crippen molar-refractivity contribution in [3.05, 3.63) is 29.8 Å². The predicted molar refractivity (Wildman–Crippen MR) is 75.4 cm³/mol. The summed E-state index contributed by atoms with van der Waals surface area (Å²) in [5.41, 5.74) is 1.01. The number of rotatable bonds is 7. The number of likely N-dealkylation sites (N-methyl/N-ethyl adjacent to an activating group) is 1. The lowest BCUT2D eigenvalue weighted by molar-refractivity contribution is -0.146. The molecule has 0 radical (unpaired) electrons. The van der Waals surface area contributed by atoms with Crippen LogP contribution in [0.25, 0.3) is 0 Å². The number of carbonyl (C=O) groups excluding carboxylic acids is 1. The van der Waals surface area contributed by atoms with E-state index in [-0.39, 0.29) is 12.6 Å². The number of carbonyl (C=O) groups is 1. The van der Waals surface area contributed by atoms with Gasteiger partial charge in [-0.05, 0) is 39.4 Å². The minimum absolute atomic E-state index is 0.0454. The Bertz CT molecular complexity index is 404. The minimum Gasteiger partial charge on any atom is -0.482 e. The third-order valence-electron chi connectivity index (χ3n) is 3.03. The smallest absolute Gasteiger partial charge is 0.344 e. The van der Waals surface area contributed by atoms with Crippen LogP contribution < -0.4 is 4.74 Å². The highest BCUT2D eigenvalue weighted by atomic mass is 16.6. The number of esters is 1. The second kappa shape index (κ2) is 7.79. The van der Waals surface area contributed by atoms with Crippen LogP contribution >= 0.6 is 0 Å². The van der Waals surface area contributed by atoms with Crippen LogP contribution in [0.15, 0.2) is 24.3 Å². The lowest BCUT2D eigenvalue weighted by Gasteiger charge is -2.20. The average Bonchev–Trinajstić information content (AvgIpc) is 2.37. The molecule has 0 atom stereocenters. The van der Waals surface area contributed by atoms with E-state index in [1.807, 2.05) is 38.2 Å². The lowest BCUT2D eigenvalue weighted by Crippen LogP contribution is -2.31. The molecule has 0 aliphatic rings. The van der Waals surface area contributed by atoms with Gasteiger partial charge in [0.1, 0.15) is 12.4 Å². The molecule has 4 heteroatoms. The second-order valence-electron chi connectivity index (χ2n) is 4.85. The maximum Gasteiger partial charge on any atom is 0.344 e. The van der Waals surface area contributed by atoms with E-state index < -0.39 is 0 Å². The summed E-state index contributed by atoms with van der Waals surface area (Å²) in [7, 11) is 2.00. The van der Waals surface area contributed by atoms with E-state index in [1.165, 1.54) is 0 Å². The van der Waals surface area contributed by atoms with Crippen molar-refractivity contribution < 1.29 is 14.3 Å². The molecule has 0 spiro atoms. The maximum absolute atomic E-state index is 11.5. The third-order valence-corrected chi connectivity index (χ3v) is 3.03. The molecule has 19 heavy (non-hydrogen) atoms. The molecule has 0 aliphatic carbocycles. The van der Waals surface area contributed by atoms with Crippen LogP contribution in [0.3, 0.4) is 0 Å². The Morgan fingerprint density at radius 3 is 2.63 bits per heavy atom. The summed E-state index contributed by atoms with van der Waals surface area (Å²) in [4.78, 5) is 13.6. The molecule has 0 N–H and O–H groups in total. The molecule has 1 aromatic carbocycles. The molecule has 0 amide bonds. The Labute approximate surface area is 115 Å². The van der Waals surface area contributed by atoms with E-state index in [4.69, 9.17) is 9.47 Å². The van der Waals surface area contributed by atoms with E-state index in [0.717, 1.165) is 17.9 Å². The van der Waals surface area contributed by atoms with Crippen molar-refractivity contribution in [3.63, 3.8) is 0 Å². The SMILES string of the molecule is Cc1ccccc1OCC(=O)OCCN(C)C(C)C. The summed E-state index contributed by atoms with van der Waals surface area (Å²) in [5.74, 6) is 0.388. The van der Waals surface area contributed by atoms with Gasteiger partial charge in [-0.2, -0.15) is 0 Å². The maximum atomic E-state index is 11.5. The van der Waals surface area contributed by atoms with Gasteiger partial charge in [-0.3, -0.25) is 0 Å². The zero-order chi connectivity index (χ0) is 14.3. The first kappa shape index (κ1) is 15.5. The fourth-order valence-electron chi connectivity index (χ4n) is 1.46. The van der Waals surface area contributed by atoms with Crippen molar-refractivity contribution in [1.82, 2.24) is 4.90 Å². The topological polar surface area (TPSA) is 38.8 Å². The van der Waals surface area contributed by atoms with Gasteiger partial charge < -0.3 is 14.4 Å². The molecule has 0 saturated carbocycles. The molecule has 1 aromatic rings. The monoisotopic (exact) mass is 265 g/mol. The van der Waals surface area contributed by atoms with Crippen molar-refractivity contribution in [3.8, 4) is 5.75 Å².